The van der Waals surface area contributed by atoms with Gasteiger partial charge in [0.1, 0.15) is 0 Å². The van der Waals surface area contributed by atoms with Gasteiger partial charge in [0, 0.05) is 18.8 Å². The molecule has 10 heteroatoms. The number of rotatable bonds is 6. The Labute approximate surface area is 151 Å². The van der Waals surface area contributed by atoms with Gasteiger partial charge in [-0.2, -0.15) is 5.10 Å². The second kappa shape index (κ2) is 7.67. The van der Waals surface area contributed by atoms with Crippen molar-refractivity contribution in [3.63, 3.8) is 0 Å². The van der Waals surface area contributed by atoms with Gasteiger partial charge in [-0.1, -0.05) is 0 Å². The predicted octanol–water partition coefficient (Wildman–Crippen LogP) is 0.328. The van der Waals surface area contributed by atoms with Crippen molar-refractivity contribution < 1.29 is 18.0 Å². The SMILES string of the molecule is CCNC(=O)c1cc(C)n(-c2ccc(S(N)(=O)=O)cc2C(=O)NCC)n1. The van der Waals surface area contributed by atoms with E-state index in [9.17, 15) is 18.0 Å². The summed E-state index contributed by atoms with van der Waals surface area (Å²) in [5.41, 5.74) is 1.24. The lowest BCUT2D eigenvalue weighted by Gasteiger charge is -2.12. The summed E-state index contributed by atoms with van der Waals surface area (Å²) in [6, 6.07) is 5.51. The van der Waals surface area contributed by atoms with Gasteiger partial charge in [-0.15, -0.1) is 0 Å². The minimum Gasteiger partial charge on any atom is -0.352 e. The third-order valence-corrected chi connectivity index (χ3v) is 4.48. The van der Waals surface area contributed by atoms with Crippen LogP contribution in [-0.4, -0.2) is 43.1 Å². The molecule has 1 heterocycles. The average Bonchev–Trinajstić information content (AvgIpc) is 2.95. The van der Waals surface area contributed by atoms with Crippen molar-refractivity contribution in [1.82, 2.24) is 20.4 Å². The van der Waals surface area contributed by atoms with E-state index in [2.05, 4.69) is 15.7 Å². The molecule has 140 valence electrons. The minimum absolute atomic E-state index is 0.0898. The van der Waals surface area contributed by atoms with E-state index < -0.39 is 15.9 Å². The largest absolute Gasteiger partial charge is 0.352 e. The Morgan fingerprint density at radius 1 is 1.12 bits per heavy atom. The Hall–Kier alpha value is -2.72. The van der Waals surface area contributed by atoms with Gasteiger partial charge in [0.2, 0.25) is 10.0 Å². The summed E-state index contributed by atoms with van der Waals surface area (Å²) in [4.78, 5) is 24.2. The van der Waals surface area contributed by atoms with Gasteiger partial charge in [-0.05, 0) is 45.0 Å². The van der Waals surface area contributed by atoms with Crippen LogP contribution >= 0.6 is 0 Å². The van der Waals surface area contributed by atoms with Crippen molar-refractivity contribution in [2.45, 2.75) is 25.7 Å². The Bertz CT molecular complexity index is 950. The topological polar surface area (TPSA) is 136 Å². The van der Waals surface area contributed by atoms with Gasteiger partial charge in [0.05, 0.1) is 16.1 Å². The highest BCUT2D eigenvalue weighted by Gasteiger charge is 2.20. The molecule has 2 aromatic rings. The minimum atomic E-state index is -3.97. The van der Waals surface area contributed by atoms with E-state index >= 15 is 0 Å². The summed E-state index contributed by atoms with van der Waals surface area (Å²) in [6.45, 7) is 6.08. The van der Waals surface area contributed by atoms with Crippen LogP contribution in [0.15, 0.2) is 29.2 Å². The number of carbonyl (C=O) groups excluding carboxylic acids is 2. The molecule has 2 rings (SSSR count). The summed E-state index contributed by atoms with van der Waals surface area (Å²) in [7, 11) is -3.97. The third-order valence-electron chi connectivity index (χ3n) is 3.56. The molecule has 1 aromatic heterocycles. The Balaban J connectivity index is 2.62. The maximum Gasteiger partial charge on any atom is 0.271 e. The number of nitrogens with zero attached hydrogens (tertiary/aromatic N) is 2. The second-order valence-corrected chi connectivity index (χ2v) is 7.09. The van der Waals surface area contributed by atoms with Crippen LogP contribution in [-0.2, 0) is 10.0 Å². The molecular formula is C16H21N5O4S. The third kappa shape index (κ3) is 4.09. The van der Waals surface area contributed by atoms with Crippen molar-refractivity contribution >= 4 is 21.8 Å². The fourth-order valence-corrected chi connectivity index (χ4v) is 2.93. The number of aryl methyl sites for hydroxylation is 1. The molecule has 0 aliphatic carbocycles. The van der Waals surface area contributed by atoms with E-state index in [1.54, 1.807) is 26.8 Å². The molecule has 0 aliphatic heterocycles. The highest BCUT2D eigenvalue weighted by atomic mass is 32.2. The molecule has 9 nitrogen and oxygen atoms in total. The van der Waals surface area contributed by atoms with Crippen molar-refractivity contribution in [3.8, 4) is 5.69 Å². The number of benzene rings is 1. The first-order valence-electron chi connectivity index (χ1n) is 7.99. The maximum atomic E-state index is 12.4. The number of nitrogens with two attached hydrogens (primary N) is 1. The molecule has 0 aliphatic rings. The number of hydrogen-bond acceptors (Lipinski definition) is 5. The monoisotopic (exact) mass is 379 g/mol. The zero-order valence-corrected chi connectivity index (χ0v) is 15.6. The molecule has 2 amide bonds. The van der Waals surface area contributed by atoms with E-state index in [1.807, 2.05) is 0 Å². The van der Waals surface area contributed by atoms with E-state index in [0.717, 1.165) is 0 Å². The first-order chi connectivity index (χ1) is 12.2. The van der Waals surface area contributed by atoms with Crippen LogP contribution in [0.5, 0.6) is 0 Å². The molecule has 0 atom stereocenters. The lowest BCUT2D eigenvalue weighted by Crippen LogP contribution is -2.26. The summed E-state index contributed by atoms with van der Waals surface area (Å²) in [6.07, 6.45) is 0. The lowest BCUT2D eigenvalue weighted by atomic mass is 10.1. The number of carbonyl (C=O) groups is 2. The molecular weight excluding hydrogens is 358 g/mol. The summed E-state index contributed by atoms with van der Waals surface area (Å²) in [5, 5.41) is 14.7. The van der Waals surface area contributed by atoms with Crippen molar-refractivity contribution in [2.24, 2.45) is 5.14 Å². The summed E-state index contributed by atoms with van der Waals surface area (Å²) in [5.74, 6) is -0.808. The second-order valence-electron chi connectivity index (χ2n) is 5.53. The zero-order valence-electron chi connectivity index (χ0n) is 14.7. The van der Waals surface area contributed by atoms with Gasteiger partial charge >= 0.3 is 0 Å². The molecule has 0 saturated carbocycles. The molecule has 0 saturated heterocycles. The number of hydrogen-bond donors (Lipinski definition) is 3. The predicted molar refractivity (Wildman–Crippen MR) is 95.7 cm³/mol. The standard InChI is InChI=1S/C16H21N5O4S/c1-4-18-15(22)12-9-11(26(17,24)25)6-7-14(12)21-10(3)8-13(20-21)16(23)19-5-2/h6-9H,4-5H2,1-3H3,(H,18,22)(H,19,23)(H2,17,24,25). The lowest BCUT2D eigenvalue weighted by molar-refractivity contribution is 0.0946. The molecule has 26 heavy (non-hydrogen) atoms. The molecule has 0 bridgehead atoms. The van der Waals surface area contributed by atoms with Gasteiger partial charge in [-0.3, -0.25) is 9.59 Å². The first kappa shape index (κ1) is 19.6. The normalized spacial score (nSPS) is 11.2. The Morgan fingerprint density at radius 3 is 2.31 bits per heavy atom. The van der Waals surface area contributed by atoms with Crippen LogP contribution in [0, 0.1) is 6.92 Å². The van der Waals surface area contributed by atoms with Gasteiger partial charge in [0.15, 0.2) is 5.69 Å². The molecule has 0 unspecified atom stereocenters. The smallest absolute Gasteiger partial charge is 0.271 e. The van der Waals surface area contributed by atoms with Crippen LogP contribution in [0.4, 0.5) is 0 Å². The van der Waals surface area contributed by atoms with Crippen LogP contribution in [0.3, 0.4) is 0 Å². The maximum absolute atomic E-state index is 12.4. The number of nitrogens with one attached hydrogen (secondary N) is 2. The average molecular weight is 379 g/mol. The van der Waals surface area contributed by atoms with E-state index in [4.69, 9.17) is 5.14 Å². The van der Waals surface area contributed by atoms with Gasteiger partial charge in [-0.25, -0.2) is 18.2 Å². The van der Waals surface area contributed by atoms with Gasteiger partial charge < -0.3 is 10.6 Å². The zero-order chi connectivity index (χ0) is 19.5. The number of sulfonamides is 1. The van der Waals surface area contributed by atoms with E-state index in [1.165, 1.54) is 22.9 Å². The van der Waals surface area contributed by atoms with E-state index in [-0.39, 0.29) is 22.1 Å². The molecule has 0 radical (unpaired) electrons. The van der Waals surface area contributed by atoms with Crippen molar-refractivity contribution in [1.29, 1.82) is 0 Å². The number of aromatic nitrogens is 2. The van der Waals surface area contributed by atoms with Gasteiger partial charge in [0.25, 0.3) is 11.8 Å². The first-order valence-corrected chi connectivity index (χ1v) is 9.54. The number of primary sulfonamides is 1. The van der Waals surface area contributed by atoms with E-state index in [0.29, 0.717) is 24.5 Å². The molecule has 1 aromatic carbocycles. The Morgan fingerprint density at radius 2 is 1.73 bits per heavy atom. The summed E-state index contributed by atoms with van der Waals surface area (Å²) >= 11 is 0. The molecule has 0 spiro atoms. The fourth-order valence-electron chi connectivity index (χ4n) is 2.39. The van der Waals surface area contributed by atoms with Crippen LogP contribution in [0.25, 0.3) is 5.69 Å². The fraction of sp³-hybridized carbons (Fsp3) is 0.312. The van der Waals surface area contributed by atoms with Crippen LogP contribution in [0.1, 0.15) is 40.4 Å². The Kier molecular flexibility index (Phi) is 5.78. The highest BCUT2D eigenvalue weighted by Crippen LogP contribution is 2.21. The van der Waals surface area contributed by atoms with Crippen molar-refractivity contribution in [3.05, 3.63) is 41.2 Å². The molecule has 4 N–H and O–H groups in total. The summed E-state index contributed by atoms with van der Waals surface area (Å²) < 4.78 is 24.7. The number of amides is 2. The highest BCUT2D eigenvalue weighted by molar-refractivity contribution is 7.89. The quantitative estimate of drug-likeness (QED) is 0.664. The van der Waals surface area contributed by atoms with Crippen LogP contribution < -0.4 is 15.8 Å². The van der Waals surface area contributed by atoms with Crippen LogP contribution in [0.2, 0.25) is 0 Å². The van der Waals surface area contributed by atoms with Crippen molar-refractivity contribution in [2.75, 3.05) is 13.1 Å². The molecule has 0 fully saturated rings.